The van der Waals surface area contributed by atoms with Gasteiger partial charge in [-0.15, -0.1) is 0 Å². The second-order valence-corrected chi connectivity index (χ2v) is 6.32. The number of carbonyl (C=O) groups is 2. The molecule has 0 spiro atoms. The monoisotopic (exact) mass is 310 g/mol. The first-order chi connectivity index (χ1) is 10.1. The van der Waals surface area contributed by atoms with Gasteiger partial charge in [0.15, 0.2) is 6.61 Å². The minimum atomic E-state index is -0.806. The summed E-state index contributed by atoms with van der Waals surface area (Å²) in [4.78, 5) is 25.1. The van der Waals surface area contributed by atoms with Crippen LogP contribution in [0.15, 0.2) is 24.3 Å². The van der Waals surface area contributed by atoms with Crippen LogP contribution in [0.3, 0.4) is 0 Å². The summed E-state index contributed by atoms with van der Waals surface area (Å²) < 4.78 is 16.7. The predicted octanol–water partition coefficient (Wildman–Crippen LogP) is 0.0159. The zero-order valence-electron chi connectivity index (χ0n) is 11.8. The van der Waals surface area contributed by atoms with Crippen LogP contribution >= 0.6 is 0 Å². The molecule has 1 saturated heterocycles. The maximum absolute atomic E-state index is 12.0. The van der Waals surface area contributed by atoms with E-state index in [2.05, 4.69) is 5.32 Å². The van der Waals surface area contributed by atoms with Gasteiger partial charge in [-0.3, -0.25) is 13.8 Å². The highest BCUT2D eigenvalue weighted by Gasteiger charge is 2.20. The van der Waals surface area contributed by atoms with Gasteiger partial charge in [-0.05, 0) is 18.2 Å². The SMILES string of the molecule is CNC(=O)c1cccc(OCC(=O)N2CCS(=O)CC2)c1. The molecule has 1 aliphatic heterocycles. The Morgan fingerprint density at radius 1 is 1.33 bits per heavy atom. The smallest absolute Gasteiger partial charge is 0.260 e. The fraction of sp³-hybridized carbons (Fsp3) is 0.429. The lowest BCUT2D eigenvalue weighted by Gasteiger charge is -2.26. The molecule has 1 fully saturated rings. The van der Waals surface area contributed by atoms with Crippen molar-refractivity contribution < 1.29 is 18.5 Å². The van der Waals surface area contributed by atoms with Gasteiger partial charge < -0.3 is 15.0 Å². The summed E-state index contributed by atoms with van der Waals surface area (Å²) in [5, 5.41) is 2.53. The van der Waals surface area contributed by atoms with Crippen LogP contribution in [-0.4, -0.2) is 59.2 Å². The Morgan fingerprint density at radius 2 is 2.05 bits per heavy atom. The number of amides is 2. The van der Waals surface area contributed by atoms with Crippen molar-refractivity contribution in [1.29, 1.82) is 0 Å². The fourth-order valence-electron chi connectivity index (χ4n) is 2.00. The third kappa shape index (κ3) is 4.29. The Labute approximate surface area is 125 Å². The Kier molecular flexibility index (Phi) is 5.32. The van der Waals surface area contributed by atoms with Crippen LogP contribution in [0.4, 0.5) is 0 Å². The summed E-state index contributed by atoms with van der Waals surface area (Å²) in [6.45, 7) is 0.935. The van der Waals surface area contributed by atoms with Crippen molar-refractivity contribution in [3.8, 4) is 5.75 Å². The molecule has 2 rings (SSSR count). The van der Waals surface area contributed by atoms with E-state index in [4.69, 9.17) is 4.74 Å². The number of hydrogen-bond donors (Lipinski definition) is 1. The van der Waals surface area contributed by atoms with Crippen molar-refractivity contribution in [3.63, 3.8) is 0 Å². The van der Waals surface area contributed by atoms with E-state index in [0.717, 1.165) is 0 Å². The lowest BCUT2D eigenvalue weighted by molar-refractivity contribution is -0.133. The number of benzene rings is 1. The van der Waals surface area contributed by atoms with Gasteiger partial charge in [-0.1, -0.05) is 6.07 Å². The van der Waals surface area contributed by atoms with Crippen LogP contribution in [0.5, 0.6) is 5.75 Å². The van der Waals surface area contributed by atoms with Crippen molar-refractivity contribution in [2.24, 2.45) is 0 Å². The van der Waals surface area contributed by atoms with E-state index in [9.17, 15) is 13.8 Å². The molecule has 0 atom stereocenters. The van der Waals surface area contributed by atoms with Gasteiger partial charge in [0, 0.05) is 48.0 Å². The van der Waals surface area contributed by atoms with E-state index in [1.165, 1.54) is 0 Å². The first-order valence-electron chi connectivity index (χ1n) is 6.68. The second kappa shape index (κ2) is 7.21. The Balaban J connectivity index is 1.89. The number of rotatable bonds is 4. The number of nitrogens with one attached hydrogen (secondary N) is 1. The zero-order chi connectivity index (χ0) is 15.2. The van der Waals surface area contributed by atoms with Crippen molar-refractivity contribution in [2.75, 3.05) is 38.2 Å². The molecule has 0 radical (unpaired) electrons. The second-order valence-electron chi connectivity index (χ2n) is 4.62. The van der Waals surface area contributed by atoms with E-state index < -0.39 is 10.8 Å². The summed E-state index contributed by atoms with van der Waals surface area (Å²) >= 11 is 0. The van der Waals surface area contributed by atoms with E-state index >= 15 is 0 Å². The van der Waals surface area contributed by atoms with Gasteiger partial charge in [-0.25, -0.2) is 0 Å². The number of nitrogens with zero attached hydrogens (tertiary/aromatic N) is 1. The lowest BCUT2D eigenvalue weighted by Crippen LogP contribution is -2.43. The maximum atomic E-state index is 12.0. The summed E-state index contributed by atoms with van der Waals surface area (Å²) in [6.07, 6.45) is 0. The molecule has 1 aromatic rings. The number of hydrogen-bond acceptors (Lipinski definition) is 4. The minimum Gasteiger partial charge on any atom is -0.484 e. The van der Waals surface area contributed by atoms with Crippen molar-refractivity contribution in [1.82, 2.24) is 10.2 Å². The van der Waals surface area contributed by atoms with Crippen LogP contribution < -0.4 is 10.1 Å². The molecular weight excluding hydrogens is 292 g/mol. The summed E-state index contributed by atoms with van der Waals surface area (Å²) in [7, 11) is 0.749. The molecule has 1 heterocycles. The first kappa shape index (κ1) is 15.5. The van der Waals surface area contributed by atoms with Crippen molar-refractivity contribution in [2.45, 2.75) is 0 Å². The highest BCUT2D eigenvalue weighted by atomic mass is 32.2. The summed E-state index contributed by atoms with van der Waals surface area (Å²) in [5.74, 6) is 1.20. The Morgan fingerprint density at radius 3 is 2.71 bits per heavy atom. The largest absolute Gasteiger partial charge is 0.484 e. The molecular formula is C14H18N2O4S. The number of ether oxygens (including phenoxy) is 1. The first-order valence-corrected chi connectivity index (χ1v) is 8.16. The van der Waals surface area contributed by atoms with Crippen LogP contribution in [0.1, 0.15) is 10.4 Å². The third-order valence-electron chi connectivity index (χ3n) is 3.22. The molecule has 6 nitrogen and oxygen atoms in total. The topological polar surface area (TPSA) is 75.7 Å². The van der Waals surface area contributed by atoms with Crippen LogP contribution in [0, 0.1) is 0 Å². The van der Waals surface area contributed by atoms with Crippen LogP contribution in [-0.2, 0) is 15.6 Å². The van der Waals surface area contributed by atoms with Gasteiger partial charge in [0.05, 0.1) is 0 Å². The minimum absolute atomic E-state index is 0.0795. The molecule has 0 aliphatic carbocycles. The summed E-state index contributed by atoms with van der Waals surface area (Å²) in [6, 6.07) is 6.67. The maximum Gasteiger partial charge on any atom is 0.260 e. The molecule has 0 unspecified atom stereocenters. The van der Waals surface area contributed by atoms with Crippen LogP contribution in [0.2, 0.25) is 0 Å². The number of carbonyl (C=O) groups excluding carboxylic acids is 2. The van der Waals surface area contributed by atoms with Gasteiger partial charge in [0.25, 0.3) is 11.8 Å². The average Bonchev–Trinajstić information content (AvgIpc) is 2.52. The molecule has 1 aromatic carbocycles. The normalized spacial score (nSPS) is 15.6. The molecule has 0 saturated carbocycles. The molecule has 0 bridgehead atoms. The van der Waals surface area contributed by atoms with E-state index in [0.29, 0.717) is 35.9 Å². The molecule has 0 aromatic heterocycles. The lowest BCUT2D eigenvalue weighted by atomic mass is 10.2. The van der Waals surface area contributed by atoms with Crippen molar-refractivity contribution in [3.05, 3.63) is 29.8 Å². The predicted molar refractivity (Wildman–Crippen MR) is 79.8 cm³/mol. The standard InChI is InChI=1S/C14H18N2O4S/c1-15-14(18)11-3-2-4-12(9-11)20-10-13(17)16-5-7-21(19)8-6-16/h2-4,9H,5-8,10H2,1H3,(H,15,18). The molecule has 2 amide bonds. The molecule has 7 heteroatoms. The van der Waals surface area contributed by atoms with Crippen LogP contribution in [0.25, 0.3) is 0 Å². The van der Waals surface area contributed by atoms with Gasteiger partial charge in [0.1, 0.15) is 5.75 Å². The molecule has 114 valence electrons. The quantitative estimate of drug-likeness (QED) is 0.850. The third-order valence-corrected chi connectivity index (χ3v) is 4.49. The molecule has 1 aliphatic rings. The highest BCUT2D eigenvalue weighted by molar-refractivity contribution is 7.85. The molecule has 21 heavy (non-hydrogen) atoms. The molecule has 1 N–H and O–H groups in total. The van der Waals surface area contributed by atoms with Crippen molar-refractivity contribution >= 4 is 22.6 Å². The van der Waals surface area contributed by atoms with E-state index in [1.807, 2.05) is 0 Å². The summed E-state index contributed by atoms with van der Waals surface area (Å²) in [5.41, 5.74) is 0.482. The van der Waals surface area contributed by atoms with Gasteiger partial charge in [-0.2, -0.15) is 0 Å². The average molecular weight is 310 g/mol. The van der Waals surface area contributed by atoms with E-state index in [1.54, 1.807) is 36.2 Å². The van der Waals surface area contributed by atoms with Gasteiger partial charge in [0.2, 0.25) is 0 Å². The van der Waals surface area contributed by atoms with Gasteiger partial charge >= 0.3 is 0 Å². The zero-order valence-corrected chi connectivity index (χ0v) is 12.6. The Bertz CT molecular complexity index is 552. The highest BCUT2D eigenvalue weighted by Crippen LogP contribution is 2.13. The Hall–Kier alpha value is -1.89. The fourth-order valence-corrected chi connectivity index (χ4v) is 3.05. The van der Waals surface area contributed by atoms with E-state index in [-0.39, 0.29) is 18.4 Å².